The molecule has 3 rings (SSSR count). The maximum absolute atomic E-state index is 12.1. The predicted octanol–water partition coefficient (Wildman–Crippen LogP) is 2.75. The molecule has 0 radical (unpaired) electrons. The number of para-hydroxylation sites is 1. The first-order chi connectivity index (χ1) is 7.81. The highest BCUT2D eigenvalue weighted by atomic mass is 32.1. The fourth-order valence-electron chi connectivity index (χ4n) is 1.86. The van der Waals surface area contributed by atoms with Crippen molar-refractivity contribution in [1.29, 1.82) is 0 Å². The Morgan fingerprint density at radius 3 is 2.94 bits per heavy atom. The van der Waals surface area contributed by atoms with E-state index in [-0.39, 0.29) is 5.43 Å². The van der Waals surface area contributed by atoms with Gasteiger partial charge in [0.2, 0.25) is 0 Å². The molecule has 0 spiro atoms. The molecule has 2 heterocycles. The van der Waals surface area contributed by atoms with Gasteiger partial charge in [-0.25, -0.2) is 0 Å². The van der Waals surface area contributed by atoms with Gasteiger partial charge in [-0.05, 0) is 23.6 Å². The zero-order valence-corrected chi connectivity index (χ0v) is 9.43. The minimum atomic E-state index is 0.0592. The number of thiophene rings is 1. The van der Waals surface area contributed by atoms with E-state index in [1.807, 2.05) is 29.6 Å². The summed E-state index contributed by atoms with van der Waals surface area (Å²) in [5.41, 5.74) is 0.828. The van der Waals surface area contributed by atoms with E-state index in [2.05, 4.69) is 4.98 Å². The molecular formula is C12H9NO2S. The molecule has 16 heavy (non-hydrogen) atoms. The highest BCUT2D eigenvalue weighted by molar-refractivity contribution is 7.16. The largest absolute Gasteiger partial charge is 0.495 e. The van der Waals surface area contributed by atoms with E-state index in [4.69, 9.17) is 4.74 Å². The Bertz CT molecular complexity index is 727. The number of hydrogen-bond acceptors (Lipinski definition) is 3. The first-order valence-corrected chi connectivity index (χ1v) is 5.75. The second kappa shape index (κ2) is 3.35. The summed E-state index contributed by atoms with van der Waals surface area (Å²) < 4.78 is 5.24. The quantitative estimate of drug-likeness (QED) is 0.699. The van der Waals surface area contributed by atoms with Crippen molar-refractivity contribution in [2.24, 2.45) is 0 Å². The fourth-order valence-corrected chi connectivity index (χ4v) is 2.65. The number of aromatic amines is 1. The molecule has 0 amide bonds. The van der Waals surface area contributed by atoms with Gasteiger partial charge in [-0.2, -0.15) is 0 Å². The molecule has 0 aliphatic heterocycles. The van der Waals surface area contributed by atoms with E-state index >= 15 is 0 Å². The molecule has 0 saturated heterocycles. The summed E-state index contributed by atoms with van der Waals surface area (Å²) in [5, 5.41) is 3.32. The van der Waals surface area contributed by atoms with Crippen LogP contribution in [0.25, 0.3) is 21.1 Å². The van der Waals surface area contributed by atoms with Crippen LogP contribution in [0.1, 0.15) is 0 Å². The van der Waals surface area contributed by atoms with E-state index in [1.165, 1.54) is 11.3 Å². The average Bonchev–Trinajstić information content (AvgIpc) is 2.77. The number of hydrogen-bond donors (Lipinski definition) is 1. The standard InChI is InChI=1S/C12H9NO2S/c1-15-9-4-2-3-7-10(9)13-12-8(11(7)14)5-6-16-12/h2-6H,1H3,(H,13,14). The second-order valence-electron chi connectivity index (χ2n) is 3.50. The van der Waals surface area contributed by atoms with Crippen LogP contribution >= 0.6 is 11.3 Å². The molecular weight excluding hydrogens is 222 g/mol. The maximum atomic E-state index is 12.1. The molecule has 2 aromatic heterocycles. The van der Waals surface area contributed by atoms with Crippen LogP contribution in [0.15, 0.2) is 34.4 Å². The zero-order valence-electron chi connectivity index (χ0n) is 8.61. The summed E-state index contributed by atoms with van der Waals surface area (Å²) in [6.07, 6.45) is 0. The number of nitrogens with one attached hydrogen (secondary N) is 1. The number of pyridine rings is 1. The molecule has 0 bridgehead atoms. The summed E-state index contributed by atoms with van der Waals surface area (Å²) in [5.74, 6) is 0.699. The van der Waals surface area contributed by atoms with Crippen molar-refractivity contribution in [2.45, 2.75) is 0 Å². The summed E-state index contributed by atoms with van der Waals surface area (Å²) in [4.78, 5) is 16.3. The van der Waals surface area contributed by atoms with Gasteiger partial charge in [0.1, 0.15) is 10.6 Å². The molecule has 80 valence electrons. The lowest BCUT2D eigenvalue weighted by atomic mass is 10.1. The van der Waals surface area contributed by atoms with Gasteiger partial charge in [-0.15, -0.1) is 11.3 Å². The van der Waals surface area contributed by atoms with Gasteiger partial charge in [0.25, 0.3) is 0 Å². The smallest absolute Gasteiger partial charge is 0.198 e. The van der Waals surface area contributed by atoms with Gasteiger partial charge in [0.15, 0.2) is 5.43 Å². The highest BCUT2D eigenvalue weighted by Crippen LogP contribution is 2.25. The lowest BCUT2D eigenvalue weighted by Crippen LogP contribution is -2.02. The van der Waals surface area contributed by atoms with E-state index in [0.29, 0.717) is 11.1 Å². The Hall–Kier alpha value is -1.81. The van der Waals surface area contributed by atoms with E-state index < -0.39 is 0 Å². The monoisotopic (exact) mass is 231 g/mol. The minimum Gasteiger partial charge on any atom is -0.495 e. The van der Waals surface area contributed by atoms with Gasteiger partial charge in [-0.1, -0.05) is 6.07 Å². The maximum Gasteiger partial charge on any atom is 0.198 e. The van der Waals surface area contributed by atoms with E-state index in [0.717, 1.165) is 15.7 Å². The average molecular weight is 231 g/mol. The van der Waals surface area contributed by atoms with Gasteiger partial charge in [-0.3, -0.25) is 4.79 Å². The summed E-state index contributed by atoms with van der Waals surface area (Å²) in [6.45, 7) is 0. The molecule has 1 N–H and O–H groups in total. The van der Waals surface area contributed by atoms with Crippen LogP contribution < -0.4 is 10.2 Å². The van der Waals surface area contributed by atoms with Crippen LogP contribution in [-0.2, 0) is 0 Å². The van der Waals surface area contributed by atoms with Crippen LogP contribution in [0.2, 0.25) is 0 Å². The highest BCUT2D eigenvalue weighted by Gasteiger charge is 2.08. The zero-order chi connectivity index (χ0) is 11.1. The van der Waals surface area contributed by atoms with Crippen LogP contribution in [0.5, 0.6) is 5.75 Å². The number of methoxy groups -OCH3 is 1. The van der Waals surface area contributed by atoms with Crippen LogP contribution in [0.4, 0.5) is 0 Å². The number of H-pyrrole nitrogens is 1. The van der Waals surface area contributed by atoms with Gasteiger partial charge in [0, 0.05) is 5.39 Å². The molecule has 0 aliphatic carbocycles. The molecule has 1 aromatic carbocycles. The first-order valence-electron chi connectivity index (χ1n) is 4.87. The topological polar surface area (TPSA) is 42.1 Å². The van der Waals surface area contributed by atoms with Crippen molar-refractivity contribution in [3.8, 4) is 5.75 Å². The Balaban J connectivity index is 2.61. The SMILES string of the molecule is COc1cccc2c(=O)c3ccsc3[nH]c12. The molecule has 3 nitrogen and oxygen atoms in total. The Morgan fingerprint density at radius 1 is 1.25 bits per heavy atom. The molecule has 0 aliphatic rings. The molecule has 4 heteroatoms. The normalized spacial score (nSPS) is 11.1. The molecule has 0 unspecified atom stereocenters. The lowest BCUT2D eigenvalue weighted by molar-refractivity contribution is 0.419. The Morgan fingerprint density at radius 2 is 2.12 bits per heavy atom. The van der Waals surface area contributed by atoms with Gasteiger partial charge < -0.3 is 9.72 Å². The minimum absolute atomic E-state index is 0.0592. The first kappa shape index (κ1) is 9.42. The van der Waals surface area contributed by atoms with Crippen LogP contribution in [-0.4, -0.2) is 12.1 Å². The third kappa shape index (κ3) is 1.17. The molecule has 0 saturated carbocycles. The van der Waals surface area contributed by atoms with Crippen molar-refractivity contribution in [1.82, 2.24) is 4.98 Å². The predicted molar refractivity (Wildman–Crippen MR) is 66.5 cm³/mol. The van der Waals surface area contributed by atoms with E-state index in [1.54, 1.807) is 7.11 Å². The Labute approximate surface area is 95.3 Å². The van der Waals surface area contributed by atoms with Crippen LogP contribution in [0.3, 0.4) is 0 Å². The third-order valence-electron chi connectivity index (χ3n) is 2.64. The van der Waals surface area contributed by atoms with E-state index in [9.17, 15) is 4.79 Å². The fraction of sp³-hybridized carbons (Fsp3) is 0.0833. The summed E-state index contributed by atoms with van der Waals surface area (Å²) in [6, 6.07) is 7.33. The number of ether oxygens (including phenoxy) is 1. The van der Waals surface area contributed by atoms with Gasteiger partial charge >= 0.3 is 0 Å². The Kier molecular flexibility index (Phi) is 1.97. The van der Waals surface area contributed by atoms with Crippen molar-refractivity contribution in [3.63, 3.8) is 0 Å². The van der Waals surface area contributed by atoms with Crippen molar-refractivity contribution >= 4 is 32.5 Å². The van der Waals surface area contributed by atoms with Crippen molar-refractivity contribution in [3.05, 3.63) is 39.9 Å². The summed E-state index contributed by atoms with van der Waals surface area (Å²) >= 11 is 1.52. The summed E-state index contributed by atoms with van der Waals surface area (Å²) in [7, 11) is 1.60. The second-order valence-corrected chi connectivity index (χ2v) is 4.42. The number of benzene rings is 1. The van der Waals surface area contributed by atoms with Crippen molar-refractivity contribution < 1.29 is 4.74 Å². The molecule has 0 fully saturated rings. The number of rotatable bonds is 1. The molecule has 0 atom stereocenters. The van der Waals surface area contributed by atoms with Crippen molar-refractivity contribution in [2.75, 3.05) is 7.11 Å². The lowest BCUT2D eigenvalue weighted by Gasteiger charge is -2.04. The third-order valence-corrected chi connectivity index (χ3v) is 3.47. The number of fused-ring (bicyclic) bond motifs is 2. The number of aromatic nitrogens is 1. The van der Waals surface area contributed by atoms with Gasteiger partial charge in [0.05, 0.1) is 18.0 Å². The van der Waals surface area contributed by atoms with Crippen LogP contribution in [0, 0.1) is 0 Å². The molecule has 3 aromatic rings.